The molecule has 0 amide bonds. The van der Waals surface area contributed by atoms with E-state index in [0.717, 1.165) is 0 Å². The Morgan fingerprint density at radius 2 is 2.33 bits per heavy atom. The van der Waals surface area contributed by atoms with Gasteiger partial charge in [0.25, 0.3) is 0 Å². The van der Waals surface area contributed by atoms with Gasteiger partial charge in [-0.3, -0.25) is 0 Å². The van der Waals surface area contributed by atoms with Crippen LogP contribution in [-0.4, -0.2) is 8.42 Å². The lowest BCUT2D eigenvalue weighted by Gasteiger charge is -1.71. The topological polar surface area (TPSA) is 59.6 Å². The molecule has 0 unspecified atom stereocenters. The van der Waals surface area contributed by atoms with Crippen molar-refractivity contribution in [2.24, 2.45) is 4.36 Å². The summed E-state index contributed by atoms with van der Waals surface area (Å²) in [5, 5.41) is 0. The van der Waals surface area contributed by atoms with Crippen molar-refractivity contribution in [3.05, 3.63) is 18.4 Å². The molecule has 0 fully saturated rings. The molecule has 0 radical (unpaired) electrons. The molecule has 4 nitrogen and oxygen atoms in total. The number of hydrogen-bond donors (Lipinski definition) is 0. The van der Waals surface area contributed by atoms with Crippen LogP contribution in [-0.2, 0) is 10.5 Å². The van der Waals surface area contributed by atoms with Crippen molar-refractivity contribution in [2.75, 3.05) is 0 Å². The van der Waals surface area contributed by atoms with Crippen molar-refractivity contribution in [1.82, 2.24) is 0 Å². The van der Waals surface area contributed by atoms with Gasteiger partial charge in [0, 0.05) is 6.07 Å². The summed E-state index contributed by atoms with van der Waals surface area (Å²) in [5.74, 6) is 0.100. The second-order valence-corrected chi connectivity index (χ2v) is 1.88. The molecular weight excluding hydrogens is 142 g/mol. The molecule has 1 rings (SSSR count). The van der Waals surface area contributed by atoms with Gasteiger partial charge in [-0.25, -0.2) is 0 Å². The molecule has 0 N–H and O–H groups in total. The van der Waals surface area contributed by atoms with Gasteiger partial charge in [-0.1, -0.05) is 4.36 Å². The SMILES string of the molecule is O=S(=O)=Nc1ccco1. The Morgan fingerprint density at radius 3 is 2.78 bits per heavy atom. The molecule has 0 atom stereocenters. The maximum atomic E-state index is 9.84. The lowest BCUT2D eigenvalue weighted by molar-refractivity contribution is 0.575. The lowest BCUT2D eigenvalue weighted by Crippen LogP contribution is -1.52. The second-order valence-electron chi connectivity index (χ2n) is 1.26. The molecule has 9 heavy (non-hydrogen) atoms. The zero-order valence-electron chi connectivity index (χ0n) is 4.31. The van der Waals surface area contributed by atoms with Crippen molar-refractivity contribution in [3.8, 4) is 0 Å². The summed E-state index contributed by atoms with van der Waals surface area (Å²) < 4.78 is 27.3. The van der Waals surface area contributed by atoms with E-state index in [1.807, 2.05) is 0 Å². The monoisotopic (exact) mass is 145 g/mol. The van der Waals surface area contributed by atoms with Crippen LogP contribution in [0.15, 0.2) is 27.2 Å². The third kappa shape index (κ3) is 1.69. The molecule has 0 spiro atoms. The van der Waals surface area contributed by atoms with E-state index >= 15 is 0 Å². The first-order valence-corrected chi connectivity index (χ1v) is 3.17. The molecule has 0 bridgehead atoms. The van der Waals surface area contributed by atoms with Gasteiger partial charge in [0.05, 0.1) is 6.26 Å². The summed E-state index contributed by atoms with van der Waals surface area (Å²) in [4.78, 5) is 0. The third-order valence-electron chi connectivity index (χ3n) is 0.671. The van der Waals surface area contributed by atoms with Gasteiger partial charge < -0.3 is 4.42 Å². The number of hydrogen-bond acceptors (Lipinski definition) is 4. The van der Waals surface area contributed by atoms with Gasteiger partial charge in [0.1, 0.15) is 0 Å². The summed E-state index contributed by atoms with van der Waals surface area (Å²) in [6.07, 6.45) is 1.35. The summed E-state index contributed by atoms with van der Waals surface area (Å²) in [6.45, 7) is 0. The zero-order chi connectivity index (χ0) is 6.69. The molecule has 0 saturated heterocycles. The molecule has 0 aliphatic rings. The van der Waals surface area contributed by atoms with Gasteiger partial charge in [-0.05, 0) is 6.07 Å². The molecular formula is C4H3NO3S. The Morgan fingerprint density at radius 1 is 1.56 bits per heavy atom. The fraction of sp³-hybridized carbons (Fsp3) is 0. The number of rotatable bonds is 1. The highest BCUT2D eigenvalue weighted by atomic mass is 32.2. The normalized spacial score (nSPS) is 8.89. The van der Waals surface area contributed by atoms with E-state index in [-0.39, 0.29) is 5.88 Å². The van der Waals surface area contributed by atoms with E-state index in [4.69, 9.17) is 0 Å². The minimum Gasteiger partial charge on any atom is -0.446 e. The maximum Gasteiger partial charge on any atom is 0.319 e. The molecule has 1 heterocycles. The van der Waals surface area contributed by atoms with Crippen LogP contribution >= 0.6 is 0 Å². The molecule has 0 saturated carbocycles. The van der Waals surface area contributed by atoms with Gasteiger partial charge in [0.15, 0.2) is 0 Å². The van der Waals surface area contributed by atoms with Crippen molar-refractivity contribution in [1.29, 1.82) is 0 Å². The van der Waals surface area contributed by atoms with Crippen LogP contribution in [0, 0.1) is 0 Å². The van der Waals surface area contributed by atoms with Crippen molar-refractivity contribution >= 4 is 16.4 Å². The summed E-state index contributed by atoms with van der Waals surface area (Å²) in [6, 6.07) is 3.02. The smallest absolute Gasteiger partial charge is 0.319 e. The Balaban J connectivity index is 3.07. The fourth-order valence-corrected chi connectivity index (χ4v) is 0.646. The molecule has 1 aromatic heterocycles. The quantitative estimate of drug-likeness (QED) is 0.591. The lowest BCUT2D eigenvalue weighted by atomic mass is 10.6. The highest BCUT2D eigenvalue weighted by molar-refractivity contribution is 7.61. The predicted molar refractivity (Wildman–Crippen MR) is 29.7 cm³/mol. The Hall–Kier alpha value is -1.10. The average molecular weight is 145 g/mol. The van der Waals surface area contributed by atoms with E-state index in [1.54, 1.807) is 6.07 Å². The molecule has 48 valence electrons. The molecule has 0 aliphatic heterocycles. The zero-order valence-corrected chi connectivity index (χ0v) is 5.13. The number of furan rings is 1. The number of nitrogens with zero attached hydrogens (tertiary/aromatic N) is 1. The highest BCUT2D eigenvalue weighted by Crippen LogP contribution is 2.09. The first-order valence-electron chi connectivity index (χ1n) is 2.13. The summed E-state index contributed by atoms with van der Waals surface area (Å²) >= 11 is 0. The molecule has 0 aliphatic carbocycles. The van der Waals surface area contributed by atoms with Crippen LogP contribution in [0.2, 0.25) is 0 Å². The molecule has 1 aromatic rings. The second kappa shape index (κ2) is 2.45. The molecule has 5 heteroatoms. The van der Waals surface area contributed by atoms with E-state index in [9.17, 15) is 8.42 Å². The van der Waals surface area contributed by atoms with Crippen molar-refractivity contribution in [2.45, 2.75) is 0 Å². The van der Waals surface area contributed by atoms with Gasteiger partial charge in [0.2, 0.25) is 5.88 Å². The minimum atomic E-state index is -2.41. The van der Waals surface area contributed by atoms with Crippen LogP contribution < -0.4 is 0 Å². The minimum absolute atomic E-state index is 0.100. The Labute approximate surface area is 52.8 Å². The Bertz CT molecular complexity index is 289. The largest absolute Gasteiger partial charge is 0.446 e. The van der Waals surface area contributed by atoms with Crippen molar-refractivity contribution < 1.29 is 12.8 Å². The third-order valence-corrected chi connectivity index (χ3v) is 1.000. The van der Waals surface area contributed by atoms with Gasteiger partial charge >= 0.3 is 10.5 Å². The van der Waals surface area contributed by atoms with Crippen LogP contribution in [0.1, 0.15) is 0 Å². The summed E-state index contributed by atoms with van der Waals surface area (Å²) in [5.41, 5.74) is 0. The van der Waals surface area contributed by atoms with Crippen LogP contribution in [0.5, 0.6) is 0 Å². The van der Waals surface area contributed by atoms with E-state index in [0.29, 0.717) is 0 Å². The highest BCUT2D eigenvalue weighted by Gasteiger charge is 1.87. The van der Waals surface area contributed by atoms with E-state index < -0.39 is 10.5 Å². The Kier molecular flexibility index (Phi) is 1.64. The maximum absolute atomic E-state index is 9.84. The fourth-order valence-electron chi connectivity index (χ4n) is 0.395. The van der Waals surface area contributed by atoms with E-state index in [1.165, 1.54) is 12.3 Å². The first kappa shape index (κ1) is 6.03. The first-order chi connectivity index (χ1) is 4.29. The van der Waals surface area contributed by atoms with Gasteiger partial charge in [-0.15, -0.1) is 0 Å². The van der Waals surface area contributed by atoms with E-state index in [2.05, 4.69) is 8.78 Å². The predicted octanol–water partition coefficient (Wildman–Crippen LogP) is 0.974. The summed E-state index contributed by atoms with van der Waals surface area (Å²) in [7, 11) is -2.41. The van der Waals surface area contributed by atoms with Crippen molar-refractivity contribution in [3.63, 3.8) is 0 Å². The van der Waals surface area contributed by atoms with Gasteiger partial charge in [-0.2, -0.15) is 8.42 Å². The average Bonchev–Trinajstić information content (AvgIpc) is 2.15. The van der Waals surface area contributed by atoms with Crippen LogP contribution in [0.3, 0.4) is 0 Å². The van der Waals surface area contributed by atoms with Crippen LogP contribution in [0.25, 0.3) is 0 Å². The van der Waals surface area contributed by atoms with Crippen LogP contribution in [0.4, 0.5) is 5.88 Å². The molecule has 0 aromatic carbocycles. The standard InChI is InChI=1S/C4H3NO3S/c6-9(7)5-4-2-1-3-8-4/h1-3H.